The second-order valence-corrected chi connectivity index (χ2v) is 6.13. The predicted molar refractivity (Wildman–Crippen MR) is 95.8 cm³/mol. The van der Waals surface area contributed by atoms with Gasteiger partial charge in [-0.05, 0) is 54.5 Å². The van der Waals surface area contributed by atoms with Gasteiger partial charge in [-0.15, -0.1) is 0 Å². The molecule has 0 aliphatic rings. The summed E-state index contributed by atoms with van der Waals surface area (Å²) in [4.78, 5) is 0. The Morgan fingerprint density at radius 1 is 0.905 bits per heavy atom. The lowest BCUT2D eigenvalue weighted by molar-refractivity contribution is 0.873. The van der Waals surface area contributed by atoms with Crippen molar-refractivity contribution in [2.45, 2.75) is 6.42 Å². The molecule has 0 heterocycles. The number of hydrogen-bond acceptors (Lipinski definition) is 1. The lowest BCUT2D eigenvalue weighted by Crippen LogP contribution is -2.30. The third-order valence-electron chi connectivity index (χ3n) is 2.73. The second-order valence-electron chi connectivity index (χ2n) is 4.42. The highest BCUT2D eigenvalue weighted by molar-refractivity contribution is 7.80. The molecular weight excluding hydrogens is 347 g/mol. The molecule has 0 aliphatic carbocycles. The summed E-state index contributed by atoms with van der Waals surface area (Å²) in [5, 5.41) is 8.58. The Kier molecular flexibility index (Phi) is 6.12. The number of hydrogen-bond donors (Lipinski definition) is 2. The van der Waals surface area contributed by atoms with Crippen LogP contribution >= 0.6 is 47.0 Å². The van der Waals surface area contributed by atoms with E-state index in [2.05, 4.69) is 10.6 Å². The van der Waals surface area contributed by atoms with Crippen molar-refractivity contribution in [3.63, 3.8) is 0 Å². The molecule has 0 unspecified atom stereocenters. The van der Waals surface area contributed by atoms with Crippen LogP contribution in [0.3, 0.4) is 0 Å². The van der Waals surface area contributed by atoms with E-state index < -0.39 is 0 Å². The van der Waals surface area contributed by atoms with Crippen LogP contribution in [0.5, 0.6) is 0 Å². The monoisotopic (exact) mass is 358 g/mol. The summed E-state index contributed by atoms with van der Waals surface area (Å²) < 4.78 is 0. The van der Waals surface area contributed by atoms with Gasteiger partial charge in [-0.3, -0.25) is 0 Å². The molecule has 0 saturated carbocycles. The normalized spacial score (nSPS) is 10.2. The largest absolute Gasteiger partial charge is 0.362 e. The van der Waals surface area contributed by atoms with Crippen LogP contribution in [0.1, 0.15) is 5.56 Å². The van der Waals surface area contributed by atoms with Gasteiger partial charge in [-0.2, -0.15) is 0 Å². The first kappa shape index (κ1) is 16.4. The Bertz CT molecular complexity index is 609. The quantitative estimate of drug-likeness (QED) is 0.736. The van der Waals surface area contributed by atoms with E-state index in [4.69, 9.17) is 47.0 Å². The molecule has 110 valence electrons. The summed E-state index contributed by atoms with van der Waals surface area (Å²) in [5.41, 5.74) is 1.96. The fourth-order valence-corrected chi connectivity index (χ4v) is 2.64. The van der Waals surface area contributed by atoms with Crippen molar-refractivity contribution >= 4 is 57.8 Å². The minimum atomic E-state index is 0.530. The van der Waals surface area contributed by atoms with Crippen molar-refractivity contribution in [2.24, 2.45) is 0 Å². The first-order valence-corrected chi connectivity index (χ1v) is 7.82. The van der Waals surface area contributed by atoms with Gasteiger partial charge < -0.3 is 10.6 Å². The topological polar surface area (TPSA) is 24.1 Å². The van der Waals surface area contributed by atoms with E-state index in [1.807, 2.05) is 24.3 Å². The highest BCUT2D eigenvalue weighted by atomic mass is 35.5. The summed E-state index contributed by atoms with van der Waals surface area (Å²) in [6, 6.07) is 12.9. The van der Waals surface area contributed by atoms with Crippen LogP contribution in [0.4, 0.5) is 5.69 Å². The number of thiocarbonyl (C=S) groups is 1. The lowest BCUT2D eigenvalue weighted by Gasteiger charge is -2.11. The van der Waals surface area contributed by atoms with Crippen molar-refractivity contribution in [2.75, 3.05) is 11.9 Å². The zero-order chi connectivity index (χ0) is 15.2. The Morgan fingerprint density at radius 2 is 1.52 bits per heavy atom. The molecule has 0 saturated heterocycles. The van der Waals surface area contributed by atoms with E-state index in [1.54, 1.807) is 18.2 Å². The molecule has 0 bridgehead atoms. The van der Waals surface area contributed by atoms with Crippen molar-refractivity contribution in [3.05, 3.63) is 63.1 Å². The second kappa shape index (κ2) is 7.85. The summed E-state index contributed by atoms with van der Waals surface area (Å²) in [6.07, 6.45) is 0.856. The van der Waals surface area contributed by atoms with Crippen LogP contribution < -0.4 is 10.6 Å². The summed E-state index contributed by atoms with van der Waals surface area (Å²) in [7, 11) is 0. The lowest BCUT2D eigenvalue weighted by atomic mass is 10.1. The molecule has 0 amide bonds. The SMILES string of the molecule is S=C(NCCc1ccc(Cl)cc1)Nc1cc(Cl)cc(Cl)c1. The van der Waals surface area contributed by atoms with E-state index in [-0.39, 0.29) is 0 Å². The third kappa shape index (κ3) is 5.71. The van der Waals surface area contributed by atoms with Gasteiger partial charge >= 0.3 is 0 Å². The molecule has 6 heteroatoms. The van der Waals surface area contributed by atoms with Gasteiger partial charge in [-0.1, -0.05) is 46.9 Å². The van der Waals surface area contributed by atoms with Gasteiger partial charge in [0.1, 0.15) is 0 Å². The van der Waals surface area contributed by atoms with Crippen LogP contribution in [-0.2, 0) is 6.42 Å². The van der Waals surface area contributed by atoms with Crippen molar-refractivity contribution in [1.29, 1.82) is 0 Å². The van der Waals surface area contributed by atoms with Crippen molar-refractivity contribution in [3.8, 4) is 0 Å². The Balaban J connectivity index is 1.80. The highest BCUT2D eigenvalue weighted by Crippen LogP contribution is 2.22. The van der Waals surface area contributed by atoms with E-state index in [9.17, 15) is 0 Å². The van der Waals surface area contributed by atoms with E-state index in [1.165, 1.54) is 5.56 Å². The molecule has 2 aromatic carbocycles. The Labute approximate surface area is 144 Å². The molecule has 2 rings (SSSR count). The highest BCUT2D eigenvalue weighted by Gasteiger charge is 2.01. The molecule has 0 radical (unpaired) electrons. The average Bonchev–Trinajstić information content (AvgIpc) is 2.39. The van der Waals surface area contributed by atoms with Gasteiger partial charge in [0.15, 0.2) is 5.11 Å². The van der Waals surface area contributed by atoms with Crippen LogP contribution in [0, 0.1) is 0 Å². The molecule has 0 spiro atoms. The van der Waals surface area contributed by atoms with Crippen LogP contribution in [-0.4, -0.2) is 11.7 Å². The van der Waals surface area contributed by atoms with Crippen LogP contribution in [0.2, 0.25) is 15.1 Å². The van der Waals surface area contributed by atoms with Gasteiger partial charge in [0.25, 0.3) is 0 Å². The Hall–Kier alpha value is -1.000. The number of nitrogens with one attached hydrogen (secondary N) is 2. The van der Waals surface area contributed by atoms with Crippen molar-refractivity contribution < 1.29 is 0 Å². The van der Waals surface area contributed by atoms with Crippen LogP contribution in [0.25, 0.3) is 0 Å². The maximum absolute atomic E-state index is 5.93. The maximum Gasteiger partial charge on any atom is 0.170 e. The molecule has 2 N–H and O–H groups in total. The zero-order valence-electron chi connectivity index (χ0n) is 11.0. The summed E-state index contributed by atoms with van der Waals surface area (Å²) in [6.45, 7) is 0.724. The smallest absolute Gasteiger partial charge is 0.170 e. The number of benzene rings is 2. The van der Waals surface area contributed by atoms with E-state index >= 15 is 0 Å². The molecule has 0 aromatic heterocycles. The van der Waals surface area contributed by atoms with E-state index in [0.29, 0.717) is 15.2 Å². The first-order chi connectivity index (χ1) is 10.0. The van der Waals surface area contributed by atoms with E-state index in [0.717, 1.165) is 23.7 Å². The molecule has 21 heavy (non-hydrogen) atoms. The van der Waals surface area contributed by atoms with Crippen molar-refractivity contribution in [1.82, 2.24) is 5.32 Å². The molecular formula is C15H13Cl3N2S. The van der Waals surface area contributed by atoms with Gasteiger partial charge in [-0.25, -0.2) is 0 Å². The van der Waals surface area contributed by atoms with Gasteiger partial charge in [0.2, 0.25) is 0 Å². The molecule has 2 nitrogen and oxygen atoms in total. The fraction of sp³-hybridized carbons (Fsp3) is 0.133. The minimum Gasteiger partial charge on any atom is -0.362 e. The molecule has 2 aromatic rings. The average molecular weight is 360 g/mol. The minimum absolute atomic E-state index is 0.530. The fourth-order valence-electron chi connectivity index (χ4n) is 1.77. The number of anilines is 1. The molecule has 0 aliphatic heterocycles. The Morgan fingerprint density at radius 3 is 2.14 bits per heavy atom. The number of rotatable bonds is 4. The van der Waals surface area contributed by atoms with Gasteiger partial charge in [0, 0.05) is 27.3 Å². The first-order valence-electron chi connectivity index (χ1n) is 6.28. The maximum atomic E-state index is 5.93. The number of halogens is 3. The molecule has 0 fully saturated rings. The summed E-state index contributed by atoms with van der Waals surface area (Å²) >= 11 is 22.9. The predicted octanol–water partition coefficient (Wildman–Crippen LogP) is 5.18. The third-order valence-corrected chi connectivity index (χ3v) is 3.67. The summed E-state index contributed by atoms with van der Waals surface area (Å²) in [5.74, 6) is 0. The van der Waals surface area contributed by atoms with Gasteiger partial charge in [0.05, 0.1) is 0 Å². The molecule has 0 atom stereocenters. The van der Waals surface area contributed by atoms with Crippen LogP contribution in [0.15, 0.2) is 42.5 Å². The zero-order valence-corrected chi connectivity index (χ0v) is 14.1. The standard InChI is InChI=1S/C15H13Cl3N2S/c16-11-3-1-10(2-4-11)5-6-19-15(21)20-14-8-12(17)7-13(18)9-14/h1-4,7-9H,5-6H2,(H2,19,20,21).